The number of esters is 1. The van der Waals surface area contributed by atoms with E-state index in [1.807, 2.05) is 39.0 Å². The third kappa shape index (κ3) is 4.05. The van der Waals surface area contributed by atoms with E-state index in [9.17, 15) is 4.79 Å². The van der Waals surface area contributed by atoms with Crippen LogP contribution in [0.15, 0.2) is 36.7 Å². The molecule has 2 aromatic rings. The van der Waals surface area contributed by atoms with Crippen LogP contribution in [0, 0.1) is 0 Å². The van der Waals surface area contributed by atoms with Crippen molar-refractivity contribution >= 4 is 12.0 Å². The van der Waals surface area contributed by atoms with E-state index in [1.54, 1.807) is 18.5 Å². The van der Waals surface area contributed by atoms with Crippen LogP contribution >= 0.6 is 0 Å². The number of nitrogens with one attached hydrogen (secondary N) is 1. The number of carbonyl (C=O) groups excluding carboxylic acids is 1. The Morgan fingerprint density at radius 3 is 2.65 bits per heavy atom. The minimum Gasteiger partial charge on any atom is -0.457 e. The molecule has 2 heterocycles. The van der Waals surface area contributed by atoms with Gasteiger partial charge in [0.25, 0.3) is 0 Å². The van der Waals surface area contributed by atoms with Crippen LogP contribution in [0.3, 0.4) is 0 Å². The summed E-state index contributed by atoms with van der Waals surface area (Å²) in [6.45, 7) is 5.49. The number of hydrogen-bond acceptors (Lipinski definition) is 4. The first-order valence-corrected chi connectivity index (χ1v) is 6.31. The van der Waals surface area contributed by atoms with Crippen LogP contribution < -0.4 is 0 Å². The Balaban J connectivity index is 2.02. The normalized spacial score (nSPS) is 11.8. The summed E-state index contributed by atoms with van der Waals surface area (Å²) in [7, 11) is 0. The molecule has 0 bridgehead atoms. The van der Waals surface area contributed by atoms with Crippen LogP contribution in [0.25, 0.3) is 17.3 Å². The highest BCUT2D eigenvalue weighted by molar-refractivity contribution is 5.87. The average molecular weight is 271 g/mol. The van der Waals surface area contributed by atoms with Crippen LogP contribution in [0.4, 0.5) is 0 Å². The third-order valence-corrected chi connectivity index (χ3v) is 2.40. The first-order chi connectivity index (χ1) is 9.44. The Hall–Kier alpha value is -2.43. The molecule has 0 radical (unpaired) electrons. The summed E-state index contributed by atoms with van der Waals surface area (Å²) in [6.07, 6.45) is 6.42. The zero-order valence-corrected chi connectivity index (χ0v) is 11.8. The molecule has 5 heteroatoms. The van der Waals surface area contributed by atoms with E-state index in [1.165, 1.54) is 6.08 Å². The lowest BCUT2D eigenvalue weighted by Crippen LogP contribution is -2.22. The van der Waals surface area contributed by atoms with Crippen LogP contribution in [0.2, 0.25) is 0 Å². The molecule has 0 aliphatic heterocycles. The lowest BCUT2D eigenvalue weighted by molar-refractivity contribution is -0.148. The Morgan fingerprint density at radius 1 is 1.30 bits per heavy atom. The summed E-state index contributed by atoms with van der Waals surface area (Å²) < 4.78 is 5.18. The molecule has 0 aliphatic carbocycles. The quantitative estimate of drug-likeness (QED) is 0.688. The Kier molecular flexibility index (Phi) is 3.98. The fraction of sp³-hybridized carbons (Fsp3) is 0.267. The summed E-state index contributed by atoms with van der Waals surface area (Å²) >= 11 is 0. The van der Waals surface area contributed by atoms with Gasteiger partial charge in [-0.15, -0.1) is 0 Å². The standard InChI is InChI=1S/C15H17N3O2/c1-15(2,3)20-14(19)7-6-12-5-4-11(10-16-12)13-8-9-17-18-13/h4-10H,1-3H3,(H,17,18)/b7-6+. The molecule has 2 rings (SSSR count). The second-order valence-electron chi connectivity index (χ2n) is 5.31. The van der Waals surface area contributed by atoms with Gasteiger partial charge in [0.05, 0.1) is 11.4 Å². The molecular weight excluding hydrogens is 254 g/mol. The minimum absolute atomic E-state index is 0.378. The Bertz CT molecular complexity index is 593. The number of aromatic nitrogens is 3. The summed E-state index contributed by atoms with van der Waals surface area (Å²) in [5, 5.41) is 6.75. The smallest absolute Gasteiger partial charge is 0.331 e. The molecule has 0 amide bonds. The molecule has 20 heavy (non-hydrogen) atoms. The largest absolute Gasteiger partial charge is 0.457 e. The maximum atomic E-state index is 11.5. The first-order valence-electron chi connectivity index (χ1n) is 6.31. The second-order valence-corrected chi connectivity index (χ2v) is 5.31. The van der Waals surface area contributed by atoms with Gasteiger partial charge in [0, 0.05) is 24.0 Å². The number of H-pyrrole nitrogens is 1. The number of ether oxygens (including phenoxy) is 1. The minimum atomic E-state index is -0.487. The average Bonchev–Trinajstić information content (AvgIpc) is 2.89. The van der Waals surface area contributed by atoms with Crippen molar-refractivity contribution in [3.63, 3.8) is 0 Å². The van der Waals surface area contributed by atoms with Crippen molar-refractivity contribution in [2.75, 3.05) is 0 Å². The zero-order chi connectivity index (χ0) is 14.6. The molecule has 0 aromatic carbocycles. The number of carbonyl (C=O) groups is 1. The van der Waals surface area contributed by atoms with Gasteiger partial charge in [0.1, 0.15) is 5.60 Å². The number of rotatable bonds is 3. The van der Waals surface area contributed by atoms with E-state index in [-0.39, 0.29) is 5.97 Å². The molecule has 0 saturated carbocycles. The van der Waals surface area contributed by atoms with Gasteiger partial charge in [-0.3, -0.25) is 10.1 Å². The number of aromatic amines is 1. The van der Waals surface area contributed by atoms with Crippen LogP contribution in [0.5, 0.6) is 0 Å². The lowest BCUT2D eigenvalue weighted by Gasteiger charge is -2.17. The molecule has 0 saturated heterocycles. The highest BCUT2D eigenvalue weighted by atomic mass is 16.6. The van der Waals surface area contributed by atoms with E-state index >= 15 is 0 Å². The van der Waals surface area contributed by atoms with Gasteiger partial charge in [-0.1, -0.05) is 0 Å². The van der Waals surface area contributed by atoms with Crippen LogP contribution in [-0.2, 0) is 9.53 Å². The maximum Gasteiger partial charge on any atom is 0.331 e. The first kappa shape index (κ1) is 14.0. The van der Waals surface area contributed by atoms with Gasteiger partial charge in [-0.25, -0.2) is 4.79 Å². The molecule has 104 valence electrons. The molecular formula is C15H17N3O2. The lowest BCUT2D eigenvalue weighted by atomic mass is 10.2. The monoisotopic (exact) mass is 271 g/mol. The van der Waals surface area contributed by atoms with Gasteiger partial charge < -0.3 is 4.74 Å². The highest BCUT2D eigenvalue weighted by Crippen LogP contribution is 2.15. The molecule has 0 aliphatic rings. The van der Waals surface area contributed by atoms with Gasteiger partial charge in [0.15, 0.2) is 0 Å². The second kappa shape index (κ2) is 5.69. The van der Waals surface area contributed by atoms with Crippen molar-refractivity contribution in [2.24, 2.45) is 0 Å². The predicted molar refractivity (Wildman–Crippen MR) is 76.7 cm³/mol. The summed E-state index contributed by atoms with van der Waals surface area (Å²) in [5.41, 5.74) is 2.05. The number of pyridine rings is 1. The Labute approximate surface area is 117 Å². The molecule has 0 unspecified atom stereocenters. The van der Waals surface area contributed by atoms with Crippen molar-refractivity contribution in [1.82, 2.24) is 15.2 Å². The number of hydrogen-bond donors (Lipinski definition) is 1. The van der Waals surface area contributed by atoms with Crippen molar-refractivity contribution in [3.05, 3.63) is 42.4 Å². The van der Waals surface area contributed by atoms with Gasteiger partial charge >= 0.3 is 5.97 Å². The molecule has 1 N–H and O–H groups in total. The maximum absolute atomic E-state index is 11.5. The van der Waals surface area contributed by atoms with Crippen molar-refractivity contribution in [3.8, 4) is 11.3 Å². The van der Waals surface area contributed by atoms with Gasteiger partial charge in [0.2, 0.25) is 0 Å². The molecule has 5 nitrogen and oxygen atoms in total. The summed E-state index contributed by atoms with van der Waals surface area (Å²) in [6, 6.07) is 5.61. The molecule has 0 atom stereocenters. The molecule has 2 aromatic heterocycles. The van der Waals surface area contributed by atoms with Crippen molar-refractivity contribution in [2.45, 2.75) is 26.4 Å². The molecule has 0 fully saturated rings. The fourth-order valence-electron chi connectivity index (χ4n) is 1.57. The summed E-state index contributed by atoms with van der Waals surface area (Å²) in [5.74, 6) is -0.378. The van der Waals surface area contributed by atoms with E-state index in [2.05, 4.69) is 15.2 Å². The fourth-order valence-corrected chi connectivity index (χ4v) is 1.57. The van der Waals surface area contributed by atoms with Gasteiger partial charge in [-0.05, 0) is 45.0 Å². The van der Waals surface area contributed by atoms with E-state index in [0.29, 0.717) is 5.69 Å². The number of nitrogens with zero attached hydrogens (tertiary/aromatic N) is 2. The highest BCUT2D eigenvalue weighted by Gasteiger charge is 2.13. The SMILES string of the molecule is CC(C)(C)OC(=O)/C=C/c1ccc(-c2ccn[nH]2)cn1. The Morgan fingerprint density at radius 2 is 2.10 bits per heavy atom. The summed E-state index contributed by atoms with van der Waals surface area (Å²) in [4.78, 5) is 15.8. The van der Waals surface area contributed by atoms with E-state index in [0.717, 1.165) is 11.3 Å². The topological polar surface area (TPSA) is 67.9 Å². The van der Waals surface area contributed by atoms with E-state index < -0.39 is 5.60 Å². The van der Waals surface area contributed by atoms with Crippen LogP contribution in [0.1, 0.15) is 26.5 Å². The van der Waals surface area contributed by atoms with Crippen molar-refractivity contribution < 1.29 is 9.53 Å². The zero-order valence-electron chi connectivity index (χ0n) is 11.8. The van der Waals surface area contributed by atoms with E-state index in [4.69, 9.17) is 4.74 Å². The van der Waals surface area contributed by atoms with Crippen LogP contribution in [-0.4, -0.2) is 26.8 Å². The predicted octanol–water partition coefficient (Wildman–Crippen LogP) is 2.83. The van der Waals surface area contributed by atoms with Crippen molar-refractivity contribution in [1.29, 1.82) is 0 Å². The third-order valence-electron chi connectivity index (χ3n) is 2.40. The van der Waals surface area contributed by atoms with Gasteiger partial charge in [-0.2, -0.15) is 5.10 Å². The molecule has 0 spiro atoms.